The van der Waals surface area contributed by atoms with Gasteiger partial charge in [0.05, 0.1) is 19.8 Å². The van der Waals surface area contributed by atoms with Gasteiger partial charge in [0.15, 0.2) is 12.1 Å². The molecule has 1 heterocycles. The smallest absolute Gasteiger partial charge is 0.338 e. The van der Waals surface area contributed by atoms with E-state index in [0.29, 0.717) is 17.2 Å². The van der Waals surface area contributed by atoms with Crippen molar-refractivity contribution in [2.24, 2.45) is 0 Å². The van der Waals surface area contributed by atoms with Crippen molar-refractivity contribution in [3.05, 3.63) is 35.3 Å². The molecule has 0 amide bonds. The summed E-state index contributed by atoms with van der Waals surface area (Å²) in [4.78, 5) is 26.0. The molecule has 98 valence electrons. The summed E-state index contributed by atoms with van der Waals surface area (Å²) in [6.07, 6.45) is 0.322. The molecule has 0 saturated heterocycles. The summed E-state index contributed by atoms with van der Waals surface area (Å²) < 4.78 is 23.2. The first kappa shape index (κ1) is 12.9. The van der Waals surface area contributed by atoms with Crippen LogP contribution in [0, 0.1) is 5.82 Å². The fourth-order valence-electron chi connectivity index (χ4n) is 1.72. The van der Waals surface area contributed by atoms with E-state index in [1.54, 1.807) is 0 Å². The summed E-state index contributed by atoms with van der Waals surface area (Å²) in [5.74, 6) is -1.06. The van der Waals surface area contributed by atoms with Gasteiger partial charge in [-0.05, 0) is 18.2 Å². The number of methoxy groups -OCH3 is 2. The molecule has 0 N–H and O–H groups in total. The third-order valence-electron chi connectivity index (χ3n) is 2.62. The Labute approximate surface area is 108 Å². The van der Waals surface area contributed by atoms with E-state index in [1.807, 2.05) is 0 Å². The molecule has 1 aromatic carbocycles. The third kappa shape index (κ3) is 2.24. The number of hydrogen-bond acceptors (Lipinski definition) is 5. The van der Waals surface area contributed by atoms with Crippen molar-refractivity contribution in [2.45, 2.75) is 0 Å². The zero-order valence-electron chi connectivity index (χ0n) is 10.3. The largest absolute Gasteiger partial charge is 0.494 e. The minimum Gasteiger partial charge on any atom is -0.494 e. The second-order valence-corrected chi connectivity index (χ2v) is 3.72. The molecule has 1 aromatic heterocycles. The minimum atomic E-state index is -0.758. The average Bonchev–Trinajstić information content (AvgIpc) is 2.44. The van der Waals surface area contributed by atoms with E-state index in [4.69, 9.17) is 4.74 Å². The molecule has 0 radical (unpaired) electrons. The lowest BCUT2D eigenvalue weighted by Gasteiger charge is -2.08. The van der Waals surface area contributed by atoms with E-state index >= 15 is 0 Å². The first-order valence-corrected chi connectivity index (χ1v) is 5.32. The van der Waals surface area contributed by atoms with Gasteiger partial charge in [-0.15, -0.1) is 0 Å². The van der Waals surface area contributed by atoms with Gasteiger partial charge in [-0.25, -0.2) is 14.2 Å². The van der Waals surface area contributed by atoms with E-state index in [0.717, 1.165) is 6.07 Å². The fourth-order valence-corrected chi connectivity index (χ4v) is 1.72. The van der Waals surface area contributed by atoms with E-state index < -0.39 is 11.8 Å². The van der Waals surface area contributed by atoms with Crippen LogP contribution in [0.25, 0.3) is 10.9 Å². The molecule has 0 aliphatic rings. The Morgan fingerprint density at radius 1 is 1.32 bits per heavy atom. The summed E-state index contributed by atoms with van der Waals surface area (Å²) in [5.41, 5.74) is 0.210. The van der Waals surface area contributed by atoms with Gasteiger partial charge in [0.25, 0.3) is 0 Å². The fraction of sp³-hybridized carbons (Fsp3) is 0.154. The molecule has 0 aliphatic carbocycles. The van der Waals surface area contributed by atoms with Crippen molar-refractivity contribution < 1.29 is 23.5 Å². The summed E-state index contributed by atoms with van der Waals surface area (Å²) >= 11 is 0. The highest BCUT2D eigenvalue weighted by Crippen LogP contribution is 2.27. The van der Waals surface area contributed by atoms with Crippen LogP contribution in [-0.4, -0.2) is 31.5 Å². The highest BCUT2D eigenvalue weighted by atomic mass is 19.1. The van der Waals surface area contributed by atoms with Gasteiger partial charge >= 0.3 is 5.97 Å². The van der Waals surface area contributed by atoms with Gasteiger partial charge < -0.3 is 9.47 Å². The van der Waals surface area contributed by atoms with E-state index in [9.17, 15) is 14.0 Å². The summed E-state index contributed by atoms with van der Waals surface area (Å²) in [5, 5.41) is 0.350. The summed E-state index contributed by atoms with van der Waals surface area (Å²) in [7, 11) is 2.63. The molecular weight excluding hydrogens is 253 g/mol. The van der Waals surface area contributed by atoms with Crippen LogP contribution in [0.2, 0.25) is 0 Å². The van der Waals surface area contributed by atoms with Gasteiger partial charge in [-0.1, -0.05) is 0 Å². The SMILES string of the molecule is COC(=O)c1cc(OC)c2nc(C=O)c(F)cc2c1. The third-order valence-corrected chi connectivity index (χ3v) is 2.62. The van der Waals surface area contributed by atoms with Crippen molar-refractivity contribution in [3.63, 3.8) is 0 Å². The maximum Gasteiger partial charge on any atom is 0.338 e. The van der Waals surface area contributed by atoms with Gasteiger partial charge in [-0.2, -0.15) is 0 Å². The zero-order chi connectivity index (χ0) is 14.0. The Hall–Kier alpha value is -2.50. The lowest BCUT2D eigenvalue weighted by molar-refractivity contribution is 0.0600. The molecule has 0 aliphatic heterocycles. The number of fused-ring (bicyclic) bond motifs is 1. The number of aromatic nitrogens is 1. The second-order valence-electron chi connectivity index (χ2n) is 3.72. The summed E-state index contributed by atoms with van der Waals surface area (Å²) in [6.45, 7) is 0. The predicted molar refractivity (Wildman–Crippen MR) is 65.0 cm³/mol. The number of hydrogen-bond donors (Lipinski definition) is 0. The number of rotatable bonds is 3. The van der Waals surface area contributed by atoms with Crippen LogP contribution in [0.15, 0.2) is 18.2 Å². The Kier molecular flexibility index (Phi) is 3.41. The molecule has 0 bridgehead atoms. The van der Waals surface area contributed by atoms with Crippen LogP contribution < -0.4 is 4.74 Å². The molecule has 0 saturated carbocycles. The molecule has 2 aromatic rings. The van der Waals surface area contributed by atoms with E-state index in [-0.39, 0.29) is 17.0 Å². The van der Waals surface area contributed by atoms with Crippen molar-refractivity contribution in [3.8, 4) is 5.75 Å². The predicted octanol–water partition coefficient (Wildman–Crippen LogP) is 1.98. The topological polar surface area (TPSA) is 65.5 Å². The molecule has 5 nitrogen and oxygen atoms in total. The molecular formula is C13H10FNO4. The highest BCUT2D eigenvalue weighted by Gasteiger charge is 2.14. The first-order valence-electron chi connectivity index (χ1n) is 5.32. The number of ether oxygens (including phenoxy) is 2. The average molecular weight is 263 g/mol. The Morgan fingerprint density at radius 2 is 2.05 bits per heavy atom. The quantitative estimate of drug-likeness (QED) is 0.625. The van der Waals surface area contributed by atoms with Crippen molar-refractivity contribution in [2.75, 3.05) is 14.2 Å². The monoisotopic (exact) mass is 263 g/mol. The molecule has 2 rings (SSSR count). The lowest BCUT2D eigenvalue weighted by atomic mass is 10.1. The standard InChI is InChI=1S/C13H10FNO4/c1-18-11-5-8(13(17)19-2)3-7-4-9(14)10(6-16)15-12(7)11/h3-6H,1-2H3. The first-order chi connectivity index (χ1) is 9.10. The molecule has 0 unspecified atom stereocenters. The van der Waals surface area contributed by atoms with Gasteiger partial charge in [0.2, 0.25) is 0 Å². The molecule has 6 heteroatoms. The van der Waals surface area contributed by atoms with Crippen LogP contribution in [-0.2, 0) is 4.74 Å². The molecule has 0 atom stereocenters. The maximum absolute atomic E-state index is 13.5. The van der Waals surface area contributed by atoms with E-state index in [1.165, 1.54) is 26.4 Å². The van der Waals surface area contributed by atoms with Crippen LogP contribution in [0.4, 0.5) is 4.39 Å². The van der Waals surface area contributed by atoms with Gasteiger partial charge in [-0.3, -0.25) is 4.79 Å². The number of aldehydes is 1. The Balaban J connectivity index is 2.77. The zero-order valence-corrected chi connectivity index (χ0v) is 10.3. The number of halogens is 1. The van der Waals surface area contributed by atoms with Crippen LogP contribution in [0.5, 0.6) is 5.75 Å². The number of nitrogens with zero attached hydrogens (tertiary/aromatic N) is 1. The van der Waals surface area contributed by atoms with Crippen LogP contribution in [0.1, 0.15) is 20.8 Å². The van der Waals surface area contributed by atoms with Crippen molar-refractivity contribution >= 4 is 23.2 Å². The number of carbonyl (C=O) groups is 2. The number of benzene rings is 1. The summed E-state index contributed by atoms with van der Waals surface area (Å²) in [6, 6.07) is 3.98. The lowest BCUT2D eigenvalue weighted by Crippen LogP contribution is -2.03. The minimum absolute atomic E-state index is 0.215. The van der Waals surface area contributed by atoms with Crippen LogP contribution >= 0.6 is 0 Å². The Morgan fingerprint density at radius 3 is 2.63 bits per heavy atom. The molecule has 0 fully saturated rings. The van der Waals surface area contributed by atoms with Crippen molar-refractivity contribution in [1.82, 2.24) is 4.98 Å². The number of esters is 1. The number of pyridine rings is 1. The normalized spacial score (nSPS) is 10.3. The Bertz CT molecular complexity index is 669. The van der Waals surface area contributed by atoms with Crippen LogP contribution in [0.3, 0.4) is 0 Å². The van der Waals surface area contributed by atoms with E-state index in [2.05, 4.69) is 9.72 Å². The highest BCUT2D eigenvalue weighted by molar-refractivity contribution is 5.97. The maximum atomic E-state index is 13.5. The van der Waals surface area contributed by atoms with Gasteiger partial charge in [0, 0.05) is 5.39 Å². The molecule has 19 heavy (non-hydrogen) atoms. The second kappa shape index (κ2) is 5.01. The molecule has 0 spiro atoms. The van der Waals surface area contributed by atoms with Gasteiger partial charge in [0.1, 0.15) is 17.0 Å². The van der Waals surface area contributed by atoms with Crippen molar-refractivity contribution in [1.29, 1.82) is 0 Å². The number of carbonyl (C=O) groups excluding carboxylic acids is 2.